The number of carbonyl (C=O) groups is 1. The molecule has 1 saturated heterocycles. The van der Waals surface area contributed by atoms with Crippen molar-refractivity contribution >= 4 is 6.03 Å². The summed E-state index contributed by atoms with van der Waals surface area (Å²) >= 11 is 0. The Morgan fingerprint density at radius 2 is 1.23 bits per heavy atom. The third kappa shape index (κ3) is 5.67. The second-order valence-corrected chi connectivity index (χ2v) is 4.71. The van der Waals surface area contributed by atoms with Gasteiger partial charge in [-0.05, 0) is 0 Å². The summed E-state index contributed by atoms with van der Waals surface area (Å²) in [7, 11) is 3.14. The van der Waals surface area contributed by atoms with E-state index in [-0.39, 0.29) is 26.3 Å². The van der Waals surface area contributed by atoms with Crippen molar-refractivity contribution < 1.29 is 34.0 Å². The molecule has 1 fully saturated rings. The van der Waals surface area contributed by atoms with Crippen LogP contribution in [0, 0.1) is 0 Å². The molecule has 1 heterocycles. The van der Waals surface area contributed by atoms with Gasteiger partial charge in [0.1, 0.15) is 0 Å². The molecule has 0 saturated carbocycles. The summed E-state index contributed by atoms with van der Waals surface area (Å²) in [6.07, 6.45) is -2.53. The molecule has 2 atom stereocenters. The van der Waals surface area contributed by atoms with Gasteiger partial charge in [0.15, 0.2) is 12.5 Å². The summed E-state index contributed by atoms with van der Waals surface area (Å²) in [6.45, 7) is 2.66. The fourth-order valence-electron chi connectivity index (χ4n) is 1.98. The third-order valence-electron chi connectivity index (χ3n) is 3.21. The Labute approximate surface area is 130 Å². The van der Waals surface area contributed by atoms with Crippen molar-refractivity contribution in [2.75, 3.05) is 67.0 Å². The quantitative estimate of drug-likeness (QED) is 0.430. The Morgan fingerprint density at radius 1 is 0.818 bits per heavy atom. The van der Waals surface area contributed by atoms with Crippen LogP contribution in [0.25, 0.3) is 0 Å². The molecule has 130 valence electrons. The van der Waals surface area contributed by atoms with Crippen molar-refractivity contribution in [1.29, 1.82) is 0 Å². The van der Waals surface area contributed by atoms with E-state index < -0.39 is 18.5 Å². The van der Waals surface area contributed by atoms with Crippen molar-refractivity contribution in [3.05, 3.63) is 0 Å². The van der Waals surface area contributed by atoms with Crippen LogP contribution in [0.2, 0.25) is 0 Å². The SMILES string of the molecule is COCCOCCN1C(=O)N(CCOCCOC)C(O)C1O. The number of amides is 2. The summed E-state index contributed by atoms with van der Waals surface area (Å²) in [4.78, 5) is 14.5. The Bertz CT molecular complexity index is 291. The van der Waals surface area contributed by atoms with Gasteiger partial charge in [-0.1, -0.05) is 0 Å². The van der Waals surface area contributed by atoms with Crippen LogP contribution in [0.3, 0.4) is 0 Å². The first-order chi connectivity index (χ1) is 10.6. The number of aliphatic hydroxyl groups excluding tert-OH is 2. The van der Waals surface area contributed by atoms with Gasteiger partial charge < -0.3 is 29.2 Å². The molecule has 2 amide bonds. The van der Waals surface area contributed by atoms with E-state index >= 15 is 0 Å². The normalized spacial score (nSPS) is 21.9. The van der Waals surface area contributed by atoms with E-state index in [0.717, 1.165) is 0 Å². The lowest BCUT2D eigenvalue weighted by Gasteiger charge is -2.19. The molecule has 9 nitrogen and oxygen atoms in total. The Balaban J connectivity index is 2.31. The molecular formula is C13H26N2O7. The lowest BCUT2D eigenvalue weighted by Crippen LogP contribution is -2.38. The molecule has 1 rings (SSSR count). The summed E-state index contributed by atoms with van der Waals surface area (Å²) in [5, 5.41) is 19.8. The van der Waals surface area contributed by atoms with E-state index in [4.69, 9.17) is 18.9 Å². The molecule has 0 aliphatic carbocycles. The average Bonchev–Trinajstić information content (AvgIpc) is 2.71. The van der Waals surface area contributed by atoms with Crippen molar-refractivity contribution in [3.8, 4) is 0 Å². The molecule has 22 heavy (non-hydrogen) atoms. The smallest absolute Gasteiger partial charge is 0.324 e. The highest BCUT2D eigenvalue weighted by Crippen LogP contribution is 2.19. The van der Waals surface area contributed by atoms with Gasteiger partial charge in [-0.15, -0.1) is 0 Å². The van der Waals surface area contributed by atoms with E-state index in [9.17, 15) is 15.0 Å². The van der Waals surface area contributed by atoms with E-state index in [1.165, 1.54) is 9.80 Å². The van der Waals surface area contributed by atoms with Crippen LogP contribution >= 0.6 is 0 Å². The van der Waals surface area contributed by atoms with Gasteiger partial charge in [-0.3, -0.25) is 9.80 Å². The van der Waals surface area contributed by atoms with Gasteiger partial charge in [0.25, 0.3) is 0 Å². The van der Waals surface area contributed by atoms with Crippen LogP contribution in [0.5, 0.6) is 0 Å². The molecule has 0 bridgehead atoms. The van der Waals surface area contributed by atoms with Crippen LogP contribution in [0.4, 0.5) is 4.79 Å². The largest absolute Gasteiger partial charge is 0.382 e. The number of hydrogen-bond acceptors (Lipinski definition) is 7. The van der Waals surface area contributed by atoms with Crippen molar-refractivity contribution in [2.24, 2.45) is 0 Å². The average molecular weight is 322 g/mol. The fraction of sp³-hybridized carbons (Fsp3) is 0.923. The maximum atomic E-state index is 12.1. The molecule has 1 aliphatic heterocycles. The van der Waals surface area contributed by atoms with E-state index in [1.54, 1.807) is 14.2 Å². The summed E-state index contributed by atoms with van der Waals surface area (Å²) in [5.74, 6) is 0. The number of carbonyl (C=O) groups excluding carboxylic acids is 1. The molecule has 9 heteroatoms. The van der Waals surface area contributed by atoms with E-state index in [0.29, 0.717) is 26.4 Å². The maximum absolute atomic E-state index is 12.1. The fourth-order valence-corrected chi connectivity index (χ4v) is 1.98. The van der Waals surface area contributed by atoms with Gasteiger partial charge in [-0.25, -0.2) is 4.79 Å². The molecule has 0 aromatic heterocycles. The van der Waals surface area contributed by atoms with Crippen molar-refractivity contribution in [3.63, 3.8) is 0 Å². The minimum absolute atomic E-state index is 0.196. The molecular weight excluding hydrogens is 296 g/mol. The number of ether oxygens (including phenoxy) is 4. The van der Waals surface area contributed by atoms with Crippen LogP contribution < -0.4 is 0 Å². The van der Waals surface area contributed by atoms with Gasteiger partial charge >= 0.3 is 6.03 Å². The van der Waals surface area contributed by atoms with Gasteiger partial charge in [0.2, 0.25) is 0 Å². The summed E-state index contributed by atoms with van der Waals surface area (Å²) in [5.41, 5.74) is 0. The van der Waals surface area contributed by atoms with Crippen LogP contribution in [-0.2, 0) is 18.9 Å². The predicted molar refractivity (Wildman–Crippen MR) is 76.2 cm³/mol. The molecule has 2 unspecified atom stereocenters. The molecule has 2 N–H and O–H groups in total. The van der Waals surface area contributed by atoms with E-state index in [2.05, 4.69) is 0 Å². The van der Waals surface area contributed by atoms with Crippen LogP contribution in [0.15, 0.2) is 0 Å². The standard InChI is InChI=1S/C13H26N2O7/c1-19-7-9-21-5-3-14-11(16)12(17)15(13(14)18)4-6-22-10-8-20-2/h11-12,16-17H,3-10H2,1-2H3. The molecule has 0 spiro atoms. The third-order valence-corrected chi connectivity index (χ3v) is 3.21. The Morgan fingerprint density at radius 3 is 1.59 bits per heavy atom. The Hall–Kier alpha value is -0.970. The topological polar surface area (TPSA) is 101 Å². The van der Waals surface area contributed by atoms with Crippen LogP contribution in [-0.4, -0.2) is 105 Å². The number of rotatable bonds is 12. The molecule has 0 radical (unpaired) electrons. The Kier molecular flexibility index (Phi) is 9.28. The first-order valence-electron chi connectivity index (χ1n) is 7.20. The second-order valence-electron chi connectivity index (χ2n) is 4.71. The highest BCUT2D eigenvalue weighted by Gasteiger charge is 2.43. The zero-order chi connectivity index (χ0) is 16.4. The zero-order valence-electron chi connectivity index (χ0n) is 13.1. The van der Waals surface area contributed by atoms with Gasteiger partial charge in [0, 0.05) is 27.3 Å². The molecule has 0 aromatic rings. The number of aliphatic hydroxyl groups is 2. The van der Waals surface area contributed by atoms with Gasteiger partial charge in [-0.2, -0.15) is 0 Å². The second kappa shape index (κ2) is 10.7. The predicted octanol–water partition coefficient (Wildman–Crippen LogP) is -1.31. The highest BCUT2D eigenvalue weighted by molar-refractivity contribution is 5.77. The van der Waals surface area contributed by atoms with Crippen LogP contribution in [0.1, 0.15) is 0 Å². The lowest BCUT2D eigenvalue weighted by molar-refractivity contribution is -0.0742. The lowest BCUT2D eigenvalue weighted by atomic mass is 10.4. The minimum Gasteiger partial charge on any atom is -0.382 e. The number of methoxy groups -OCH3 is 2. The zero-order valence-corrected chi connectivity index (χ0v) is 13.1. The van der Waals surface area contributed by atoms with Crippen molar-refractivity contribution in [1.82, 2.24) is 9.80 Å². The summed E-state index contributed by atoms with van der Waals surface area (Å²) in [6, 6.07) is -0.439. The number of nitrogens with zero attached hydrogens (tertiary/aromatic N) is 2. The monoisotopic (exact) mass is 322 g/mol. The van der Waals surface area contributed by atoms with Gasteiger partial charge in [0.05, 0.1) is 39.6 Å². The number of hydrogen-bond donors (Lipinski definition) is 2. The first kappa shape index (κ1) is 19.1. The molecule has 0 aromatic carbocycles. The summed E-state index contributed by atoms with van der Waals surface area (Å²) < 4.78 is 20.2. The number of urea groups is 1. The highest BCUT2D eigenvalue weighted by atomic mass is 16.5. The maximum Gasteiger partial charge on any atom is 0.324 e. The minimum atomic E-state index is -1.27. The molecule has 1 aliphatic rings. The first-order valence-corrected chi connectivity index (χ1v) is 7.20. The van der Waals surface area contributed by atoms with Crippen molar-refractivity contribution in [2.45, 2.75) is 12.5 Å². The van der Waals surface area contributed by atoms with E-state index in [1.807, 2.05) is 0 Å².